The van der Waals surface area contributed by atoms with E-state index in [0.717, 1.165) is 5.56 Å². The molecule has 0 aliphatic rings. The minimum Gasteiger partial charge on any atom is -0.492 e. The third-order valence-corrected chi connectivity index (χ3v) is 4.14. The second-order valence-electron chi connectivity index (χ2n) is 5.24. The van der Waals surface area contributed by atoms with Gasteiger partial charge < -0.3 is 10.1 Å². The van der Waals surface area contributed by atoms with Crippen molar-refractivity contribution >= 4 is 34.5 Å². The molecule has 0 radical (unpaired) electrons. The summed E-state index contributed by atoms with van der Waals surface area (Å²) in [7, 11) is 0. The van der Waals surface area contributed by atoms with Crippen molar-refractivity contribution in [2.24, 2.45) is 5.92 Å². The normalized spacial score (nSPS) is 10.7. The van der Waals surface area contributed by atoms with Crippen LogP contribution in [0.4, 0.5) is 5.69 Å². The number of amides is 1. The average Bonchev–Trinajstić information content (AvgIpc) is 2.84. The number of ether oxygens (including phenoxy) is 1. The van der Waals surface area contributed by atoms with Crippen LogP contribution in [0, 0.1) is 12.8 Å². The topological polar surface area (TPSA) is 38.3 Å². The number of rotatable bonds is 5. The van der Waals surface area contributed by atoms with E-state index in [1.807, 2.05) is 18.4 Å². The molecule has 1 N–H and O–H groups in total. The number of anilines is 1. The molecule has 1 heterocycles. The van der Waals surface area contributed by atoms with Gasteiger partial charge in [-0.05, 0) is 48.1 Å². The number of aryl methyl sites for hydroxylation is 1. The summed E-state index contributed by atoms with van der Waals surface area (Å²) >= 11 is 7.60. The van der Waals surface area contributed by atoms with Crippen molar-refractivity contribution in [2.75, 3.05) is 11.9 Å². The van der Waals surface area contributed by atoms with Crippen LogP contribution in [0.1, 0.15) is 29.1 Å². The fourth-order valence-corrected chi connectivity index (χ4v) is 2.80. The van der Waals surface area contributed by atoms with E-state index in [1.54, 1.807) is 18.2 Å². The van der Waals surface area contributed by atoms with Crippen LogP contribution in [0.5, 0.6) is 5.75 Å². The molecule has 1 aromatic heterocycles. The lowest BCUT2D eigenvalue weighted by Crippen LogP contribution is -2.11. The third kappa shape index (κ3) is 4.22. The van der Waals surface area contributed by atoms with Crippen molar-refractivity contribution in [2.45, 2.75) is 20.8 Å². The number of nitrogens with one attached hydrogen (secondary N) is 1. The van der Waals surface area contributed by atoms with E-state index in [1.165, 1.54) is 11.3 Å². The van der Waals surface area contributed by atoms with Crippen molar-refractivity contribution in [3.05, 3.63) is 45.1 Å². The number of halogens is 1. The van der Waals surface area contributed by atoms with E-state index in [-0.39, 0.29) is 5.91 Å². The van der Waals surface area contributed by atoms with Crippen molar-refractivity contribution in [3.8, 4) is 5.75 Å². The van der Waals surface area contributed by atoms with Gasteiger partial charge in [0.2, 0.25) is 0 Å². The predicted octanol–water partition coefficient (Wildman–Crippen LogP) is 5.00. The zero-order valence-electron chi connectivity index (χ0n) is 12.3. The number of carbonyl (C=O) groups excluding carboxylic acids is 1. The molecule has 0 bridgehead atoms. The molecule has 112 valence electrons. The van der Waals surface area contributed by atoms with Gasteiger partial charge in [-0.3, -0.25) is 4.79 Å². The molecule has 1 amide bonds. The Bertz CT molecular complexity index is 637. The van der Waals surface area contributed by atoms with Gasteiger partial charge in [-0.15, -0.1) is 11.3 Å². The molecule has 0 saturated carbocycles. The maximum Gasteiger partial charge on any atom is 0.265 e. The highest BCUT2D eigenvalue weighted by Gasteiger charge is 2.12. The summed E-state index contributed by atoms with van der Waals surface area (Å²) in [5.41, 5.74) is 1.63. The Kier molecular flexibility index (Phi) is 5.26. The predicted molar refractivity (Wildman–Crippen MR) is 88.8 cm³/mol. The first kappa shape index (κ1) is 15.9. The molecule has 5 heteroatoms. The Balaban J connectivity index is 2.06. The molecule has 2 rings (SSSR count). The summed E-state index contributed by atoms with van der Waals surface area (Å²) in [6.07, 6.45) is 0. The number of hydrogen-bond acceptors (Lipinski definition) is 3. The highest BCUT2D eigenvalue weighted by molar-refractivity contribution is 7.12. The number of hydrogen-bond donors (Lipinski definition) is 1. The lowest BCUT2D eigenvalue weighted by atomic mass is 10.2. The first-order valence-electron chi connectivity index (χ1n) is 6.75. The number of carbonyl (C=O) groups is 1. The molecule has 2 aromatic rings. The van der Waals surface area contributed by atoms with E-state index in [9.17, 15) is 4.79 Å². The van der Waals surface area contributed by atoms with Crippen molar-refractivity contribution in [1.29, 1.82) is 0 Å². The summed E-state index contributed by atoms with van der Waals surface area (Å²) in [5.74, 6) is 0.951. The molecule has 0 saturated heterocycles. The van der Waals surface area contributed by atoms with Crippen molar-refractivity contribution in [1.82, 2.24) is 0 Å². The smallest absolute Gasteiger partial charge is 0.265 e. The van der Waals surface area contributed by atoms with Crippen LogP contribution < -0.4 is 10.1 Å². The van der Waals surface area contributed by atoms with Gasteiger partial charge in [0.15, 0.2) is 0 Å². The zero-order chi connectivity index (χ0) is 15.4. The molecule has 0 atom stereocenters. The maximum atomic E-state index is 12.1. The van der Waals surface area contributed by atoms with Gasteiger partial charge in [0.25, 0.3) is 5.91 Å². The van der Waals surface area contributed by atoms with E-state index in [2.05, 4.69) is 19.2 Å². The van der Waals surface area contributed by atoms with Gasteiger partial charge in [-0.25, -0.2) is 0 Å². The molecule has 0 unspecified atom stereocenters. The van der Waals surface area contributed by atoms with Gasteiger partial charge in [-0.2, -0.15) is 0 Å². The number of thiophene rings is 1. The molecule has 0 fully saturated rings. The molecule has 21 heavy (non-hydrogen) atoms. The SMILES string of the molecule is Cc1ccsc1C(=O)Nc1ccc(OCC(C)C)c(Cl)c1. The Hall–Kier alpha value is -1.52. The Morgan fingerprint density at radius 3 is 2.71 bits per heavy atom. The monoisotopic (exact) mass is 323 g/mol. The summed E-state index contributed by atoms with van der Waals surface area (Å²) in [5, 5.41) is 5.25. The van der Waals surface area contributed by atoms with Gasteiger partial charge in [0, 0.05) is 5.69 Å². The van der Waals surface area contributed by atoms with Crippen LogP contribution in [-0.4, -0.2) is 12.5 Å². The second-order valence-corrected chi connectivity index (χ2v) is 6.56. The quantitative estimate of drug-likeness (QED) is 0.841. The standard InChI is InChI=1S/C16H18ClNO2S/c1-10(2)9-20-14-5-4-12(8-13(14)17)18-16(19)15-11(3)6-7-21-15/h4-8,10H,9H2,1-3H3,(H,18,19). The van der Waals surface area contributed by atoms with E-state index < -0.39 is 0 Å². The first-order chi connectivity index (χ1) is 9.97. The van der Waals surface area contributed by atoms with E-state index in [0.29, 0.717) is 33.9 Å². The Morgan fingerprint density at radius 1 is 1.38 bits per heavy atom. The molecule has 1 aromatic carbocycles. The number of benzene rings is 1. The molecular formula is C16H18ClNO2S. The fraction of sp³-hybridized carbons (Fsp3) is 0.312. The Morgan fingerprint density at radius 2 is 2.14 bits per heavy atom. The second kappa shape index (κ2) is 6.96. The van der Waals surface area contributed by atoms with Crippen LogP contribution >= 0.6 is 22.9 Å². The van der Waals surface area contributed by atoms with Crippen LogP contribution in [0.2, 0.25) is 5.02 Å². The average molecular weight is 324 g/mol. The zero-order valence-corrected chi connectivity index (χ0v) is 13.8. The fourth-order valence-electron chi connectivity index (χ4n) is 1.75. The summed E-state index contributed by atoms with van der Waals surface area (Å²) in [6, 6.07) is 7.21. The summed E-state index contributed by atoms with van der Waals surface area (Å²) in [6.45, 7) is 6.68. The van der Waals surface area contributed by atoms with Crippen LogP contribution in [0.15, 0.2) is 29.6 Å². The van der Waals surface area contributed by atoms with Crippen molar-refractivity contribution < 1.29 is 9.53 Å². The van der Waals surface area contributed by atoms with E-state index in [4.69, 9.17) is 16.3 Å². The van der Waals surface area contributed by atoms with Gasteiger partial charge in [0.05, 0.1) is 16.5 Å². The lowest BCUT2D eigenvalue weighted by Gasteiger charge is -2.11. The van der Waals surface area contributed by atoms with E-state index >= 15 is 0 Å². The maximum absolute atomic E-state index is 12.1. The van der Waals surface area contributed by atoms with Crippen molar-refractivity contribution in [3.63, 3.8) is 0 Å². The van der Waals surface area contributed by atoms with Gasteiger partial charge in [0.1, 0.15) is 5.75 Å². The Labute approximate surface area is 133 Å². The van der Waals surface area contributed by atoms with Crippen LogP contribution in [0.25, 0.3) is 0 Å². The molecular weight excluding hydrogens is 306 g/mol. The van der Waals surface area contributed by atoms with Crippen LogP contribution in [0.3, 0.4) is 0 Å². The molecule has 3 nitrogen and oxygen atoms in total. The third-order valence-electron chi connectivity index (χ3n) is 2.83. The highest BCUT2D eigenvalue weighted by atomic mass is 35.5. The molecule has 0 aliphatic heterocycles. The summed E-state index contributed by atoms with van der Waals surface area (Å²) < 4.78 is 5.61. The minimum atomic E-state index is -0.116. The molecule has 0 spiro atoms. The van der Waals surface area contributed by atoms with Crippen LogP contribution in [-0.2, 0) is 0 Å². The first-order valence-corrected chi connectivity index (χ1v) is 8.01. The van der Waals surface area contributed by atoms with Gasteiger partial charge >= 0.3 is 0 Å². The summed E-state index contributed by atoms with van der Waals surface area (Å²) in [4.78, 5) is 12.8. The van der Waals surface area contributed by atoms with Gasteiger partial charge in [-0.1, -0.05) is 25.4 Å². The minimum absolute atomic E-state index is 0.116. The highest BCUT2D eigenvalue weighted by Crippen LogP contribution is 2.28. The molecule has 0 aliphatic carbocycles. The largest absolute Gasteiger partial charge is 0.492 e. The lowest BCUT2D eigenvalue weighted by molar-refractivity contribution is 0.103.